The Balaban J connectivity index is 1.69. The molecule has 0 spiro atoms. The van der Waals surface area contributed by atoms with Gasteiger partial charge in [0.05, 0.1) is 0 Å². The number of hydrogen-bond donors (Lipinski definition) is 1. The predicted molar refractivity (Wildman–Crippen MR) is 86.8 cm³/mol. The topological polar surface area (TPSA) is 62.5 Å². The number of amides is 1. The van der Waals surface area contributed by atoms with Crippen molar-refractivity contribution in [3.05, 3.63) is 4.88 Å². The molecule has 1 saturated heterocycles. The van der Waals surface area contributed by atoms with Crippen molar-refractivity contribution < 1.29 is 4.79 Å². The van der Waals surface area contributed by atoms with Crippen LogP contribution in [-0.2, 0) is 0 Å². The molecule has 1 aliphatic carbocycles. The Hall–Kier alpha value is -1.30. The number of nitrogens with two attached hydrogens (primary N) is 1. The average Bonchev–Trinajstić information content (AvgIpc) is 3.03. The van der Waals surface area contributed by atoms with E-state index in [2.05, 4.69) is 16.8 Å². The van der Waals surface area contributed by atoms with E-state index in [0.29, 0.717) is 16.6 Å². The number of carbonyl (C=O) groups is 1. The second-order valence-electron chi connectivity index (χ2n) is 6.42. The van der Waals surface area contributed by atoms with E-state index in [1.165, 1.54) is 37.0 Å². The summed E-state index contributed by atoms with van der Waals surface area (Å²) in [5.74, 6) is 1.83. The molecular formula is C15H24N4OS. The van der Waals surface area contributed by atoms with Crippen LogP contribution in [-0.4, -0.2) is 42.5 Å². The summed E-state index contributed by atoms with van der Waals surface area (Å²) in [6, 6.07) is 0. The Kier molecular flexibility index (Phi) is 4.06. The molecule has 2 aliphatic rings. The first-order valence-corrected chi connectivity index (χ1v) is 8.64. The molecule has 0 radical (unpaired) electrons. The third-order valence-electron chi connectivity index (χ3n) is 4.59. The maximum absolute atomic E-state index is 12.5. The van der Waals surface area contributed by atoms with Gasteiger partial charge in [0.25, 0.3) is 5.91 Å². The Bertz CT molecular complexity index is 524. The van der Waals surface area contributed by atoms with Gasteiger partial charge in [0.2, 0.25) is 0 Å². The second-order valence-corrected chi connectivity index (χ2v) is 7.39. The van der Waals surface area contributed by atoms with Gasteiger partial charge in [-0.05, 0) is 37.5 Å². The van der Waals surface area contributed by atoms with Crippen molar-refractivity contribution in [2.24, 2.45) is 11.8 Å². The minimum absolute atomic E-state index is 0.0207. The smallest absolute Gasteiger partial charge is 0.267 e. The maximum atomic E-state index is 12.5. The third-order valence-corrected chi connectivity index (χ3v) is 5.71. The van der Waals surface area contributed by atoms with Gasteiger partial charge < -0.3 is 15.5 Å². The lowest BCUT2D eigenvalue weighted by atomic mass is 10.1. The van der Waals surface area contributed by atoms with Gasteiger partial charge >= 0.3 is 0 Å². The normalized spacial score (nSPS) is 25.0. The van der Waals surface area contributed by atoms with E-state index in [9.17, 15) is 4.79 Å². The highest BCUT2D eigenvalue weighted by atomic mass is 32.1. The van der Waals surface area contributed by atoms with Crippen LogP contribution in [0.3, 0.4) is 0 Å². The van der Waals surface area contributed by atoms with Gasteiger partial charge in [0.1, 0.15) is 10.7 Å². The van der Waals surface area contributed by atoms with Crippen molar-refractivity contribution in [3.63, 3.8) is 0 Å². The molecule has 5 nitrogen and oxygen atoms in total. The summed E-state index contributed by atoms with van der Waals surface area (Å²) in [4.78, 5) is 21.6. The van der Waals surface area contributed by atoms with Crippen molar-refractivity contribution in [1.29, 1.82) is 0 Å². The van der Waals surface area contributed by atoms with E-state index >= 15 is 0 Å². The Morgan fingerprint density at radius 2 is 2.10 bits per heavy atom. The molecule has 3 rings (SSSR count). The molecule has 2 unspecified atom stereocenters. The molecule has 21 heavy (non-hydrogen) atoms. The molecule has 0 aromatic carbocycles. The summed E-state index contributed by atoms with van der Waals surface area (Å²) in [6.45, 7) is 5.11. The Labute approximate surface area is 130 Å². The number of rotatable bonds is 4. The zero-order valence-corrected chi connectivity index (χ0v) is 13.7. The third kappa shape index (κ3) is 3.15. The van der Waals surface area contributed by atoms with Crippen molar-refractivity contribution in [3.8, 4) is 0 Å². The Morgan fingerprint density at radius 3 is 2.71 bits per heavy atom. The van der Waals surface area contributed by atoms with Gasteiger partial charge in [0, 0.05) is 26.7 Å². The van der Waals surface area contributed by atoms with E-state index in [-0.39, 0.29) is 5.91 Å². The van der Waals surface area contributed by atoms with Gasteiger partial charge in [0.15, 0.2) is 5.13 Å². The van der Waals surface area contributed by atoms with Crippen molar-refractivity contribution >= 4 is 28.2 Å². The fourth-order valence-corrected chi connectivity index (χ4v) is 3.99. The molecule has 116 valence electrons. The van der Waals surface area contributed by atoms with E-state index in [0.717, 1.165) is 30.7 Å². The molecule has 2 atom stereocenters. The molecule has 1 amide bonds. The van der Waals surface area contributed by atoms with Crippen molar-refractivity contribution in [2.45, 2.75) is 32.6 Å². The number of aromatic nitrogens is 1. The number of nitrogens with zero attached hydrogens (tertiary/aromatic N) is 3. The molecule has 1 aliphatic heterocycles. The van der Waals surface area contributed by atoms with Gasteiger partial charge in [-0.15, -0.1) is 0 Å². The predicted octanol–water partition coefficient (Wildman–Crippen LogP) is 2.44. The summed E-state index contributed by atoms with van der Waals surface area (Å²) in [5, 5.41) is 0.906. The minimum atomic E-state index is 0.0207. The molecule has 0 bridgehead atoms. The SMILES string of the molecule is CC1CC1CN(C)C(=O)c1sc(N2CCCCC2)nc1N. The number of nitrogen functional groups attached to an aromatic ring is 1. The van der Waals surface area contributed by atoms with Crippen LogP contribution < -0.4 is 10.6 Å². The number of anilines is 2. The number of carbonyl (C=O) groups excluding carboxylic acids is 1. The second kappa shape index (κ2) is 5.83. The number of hydrogen-bond acceptors (Lipinski definition) is 5. The van der Waals surface area contributed by atoms with Crippen molar-refractivity contribution in [1.82, 2.24) is 9.88 Å². The first-order valence-electron chi connectivity index (χ1n) is 7.83. The zero-order valence-electron chi connectivity index (χ0n) is 12.8. The van der Waals surface area contributed by atoms with Crippen LogP contribution in [0.2, 0.25) is 0 Å². The summed E-state index contributed by atoms with van der Waals surface area (Å²) in [6.07, 6.45) is 4.91. The summed E-state index contributed by atoms with van der Waals surface area (Å²) >= 11 is 1.45. The van der Waals surface area contributed by atoms with E-state index in [1.807, 2.05) is 7.05 Å². The van der Waals surface area contributed by atoms with Gasteiger partial charge in [-0.25, -0.2) is 4.98 Å². The minimum Gasteiger partial charge on any atom is -0.382 e. The number of piperidine rings is 1. The zero-order chi connectivity index (χ0) is 15.0. The molecule has 1 aromatic heterocycles. The van der Waals surface area contributed by atoms with Crippen LogP contribution in [0.4, 0.5) is 10.9 Å². The van der Waals surface area contributed by atoms with Crippen LogP contribution in [0.1, 0.15) is 42.3 Å². The molecule has 2 fully saturated rings. The highest BCUT2D eigenvalue weighted by molar-refractivity contribution is 7.18. The molecule has 1 saturated carbocycles. The summed E-state index contributed by atoms with van der Waals surface area (Å²) in [7, 11) is 1.87. The quantitative estimate of drug-likeness (QED) is 0.928. The van der Waals surface area contributed by atoms with Crippen LogP contribution in [0.5, 0.6) is 0 Å². The highest BCUT2D eigenvalue weighted by Gasteiger charge is 2.35. The number of thiazole rings is 1. The highest BCUT2D eigenvalue weighted by Crippen LogP contribution is 2.38. The molecule has 2 heterocycles. The van der Waals surface area contributed by atoms with E-state index < -0.39 is 0 Å². The lowest BCUT2D eigenvalue weighted by molar-refractivity contribution is 0.0792. The molecular weight excluding hydrogens is 284 g/mol. The van der Waals surface area contributed by atoms with E-state index in [1.54, 1.807) is 4.90 Å². The lowest BCUT2D eigenvalue weighted by Crippen LogP contribution is -2.29. The van der Waals surface area contributed by atoms with Crippen LogP contribution >= 0.6 is 11.3 Å². The fourth-order valence-electron chi connectivity index (χ4n) is 2.96. The molecule has 1 aromatic rings. The van der Waals surface area contributed by atoms with Crippen molar-refractivity contribution in [2.75, 3.05) is 37.3 Å². The first-order chi connectivity index (χ1) is 10.1. The molecule has 2 N–H and O–H groups in total. The maximum Gasteiger partial charge on any atom is 0.267 e. The first kappa shape index (κ1) is 14.6. The summed E-state index contributed by atoms with van der Waals surface area (Å²) in [5.41, 5.74) is 5.99. The van der Waals surface area contributed by atoms with Gasteiger partial charge in [-0.2, -0.15) is 0 Å². The molecule has 6 heteroatoms. The van der Waals surface area contributed by atoms with Gasteiger partial charge in [-0.1, -0.05) is 18.3 Å². The fraction of sp³-hybridized carbons (Fsp3) is 0.733. The standard InChI is InChI=1S/C15H24N4OS/c1-10-8-11(10)9-18(2)14(20)12-13(16)17-15(21-12)19-6-4-3-5-7-19/h10-11H,3-9,16H2,1-2H3. The van der Waals surface area contributed by atoms with Crippen LogP contribution in [0, 0.1) is 11.8 Å². The summed E-state index contributed by atoms with van der Waals surface area (Å²) < 4.78 is 0. The largest absolute Gasteiger partial charge is 0.382 e. The average molecular weight is 308 g/mol. The lowest BCUT2D eigenvalue weighted by Gasteiger charge is -2.25. The van der Waals surface area contributed by atoms with E-state index in [4.69, 9.17) is 5.73 Å². The monoisotopic (exact) mass is 308 g/mol. The Morgan fingerprint density at radius 1 is 1.43 bits per heavy atom. The van der Waals surface area contributed by atoms with Crippen LogP contribution in [0.15, 0.2) is 0 Å². The van der Waals surface area contributed by atoms with Crippen LogP contribution in [0.25, 0.3) is 0 Å². The van der Waals surface area contributed by atoms with Gasteiger partial charge in [-0.3, -0.25) is 4.79 Å².